The second-order valence-electron chi connectivity index (χ2n) is 9.97. The van der Waals surface area contributed by atoms with E-state index < -0.39 is 0 Å². The van der Waals surface area contributed by atoms with Crippen molar-refractivity contribution in [1.29, 1.82) is 0 Å². The van der Waals surface area contributed by atoms with Gasteiger partial charge < -0.3 is 33.3 Å². The molecule has 1 atom stereocenters. The van der Waals surface area contributed by atoms with Gasteiger partial charge in [0.2, 0.25) is 11.7 Å². The highest BCUT2D eigenvalue weighted by atomic mass is 16.5. The molecular weight excluding hydrogens is 522 g/mol. The number of carbonyl (C=O) groups excluding carboxylic acids is 2. The van der Waals surface area contributed by atoms with Gasteiger partial charge in [-0.15, -0.1) is 0 Å². The Morgan fingerprint density at radius 2 is 1.63 bits per heavy atom. The van der Waals surface area contributed by atoms with E-state index in [1.54, 1.807) is 19.2 Å². The maximum absolute atomic E-state index is 13.9. The van der Waals surface area contributed by atoms with Crippen LogP contribution in [0, 0.1) is 6.92 Å². The summed E-state index contributed by atoms with van der Waals surface area (Å²) >= 11 is 0. The van der Waals surface area contributed by atoms with Crippen LogP contribution in [0.5, 0.6) is 17.2 Å². The fraction of sp³-hybridized carbons (Fsp3) is 0.438. The summed E-state index contributed by atoms with van der Waals surface area (Å²) in [6.45, 7) is 7.78. The summed E-state index contributed by atoms with van der Waals surface area (Å²) < 4.78 is 23.7. The van der Waals surface area contributed by atoms with Crippen molar-refractivity contribution in [3.05, 3.63) is 77.1 Å². The quantitative estimate of drug-likeness (QED) is 0.264. The van der Waals surface area contributed by atoms with Crippen LogP contribution in [0.2, 0.25) is 0 Å². The van der Waals surface area contributed by atoms with Crippen LogP contribution in [0.15, 0.2) is 54.7 Å². The molecule has 1 unspecified atom stereocenters. The van der Waals surface area contributed by atoms with Crippen molar-refractivity contribution in [1.82, 2.24) is 14.4 Å². The molecule has 0 bridgehead atoms. The molecule has 3 rings (SSSR count). The van der Waals surface area contributed by atoms with Gasteiger partial charge in [0.15, 0.2) is 11.5 Å². The number of aromatic nitrogens is 1. The summed E-state index contributed by atoms with van der Waals surface area (Å²) in [5.74, 6) is 0.650. The van der Waals surface area contributed by atoms with E-state index in [0.29, 0.717) is 29.4 Å². The Hall–Kier alpha value is -3.98. The van der Waals surface area contributed by atoms with Gasteiger partial charge in [-0.3, -0.25) is 9.59 Å². The van der Waals surface area contributed by atoms with Crippen LogP contribution >= 0.6 is 0 Å². The summed E-state index contributed by atoms with van der Waals surface area (Å²) in [5, 5.41) is 0. The lowest BCUT2D eigenvalue weighted by Gasteiger charge is -2.32. The number of benzene rings is 2. The average molecular weight is 566 g/mol. The molecule has 0 aliphatic rings. The molecule has 9 nitrogen and oxygen atoms in total. The Kier molecular flexibility index (Phi) is 11.6. The van der Waals surface area contributed by atoms with Crippen molar-refractivity contribution < 1.29 is 28.5 Å². The first-order valence-electron chi connectivity index (χ1n) is 13.8. The lowest BCUT2D eigenvalue weighted by atomic mass is 10.1. The fourth-order valence-electron chi connectivity index (χ4n) is 4.70. The third-order valence-corrected chi connectivity index (χ3v) is 7.39. The number of hydrogen-bond donors (Lipinski definition) is 0. The van der Waals surface area contributed by atoms with E-state index in [1.807, 2.05) is 42.3 Å². The van der Waals surface area contributed by atoms with Crippen molar-refractivity contribution in [2.75, 3.05) is 48.1 Å². The van der Waals surface area contributed by atoms with Crippen LogP contribution in [0.4, 0.5) is 0 Å². The van der Waals surface area contributed by atoms with Gasteiger partial charge in [0, 0.05) is 43.7 Å². The zero-order valence-electron chi connectivity index (χ0n) is 25.3. The van der Waals surface area contributed by atoms with Crippen molar-refractivity contribution in [2.45, 2.75) is 46.3 Å². The molecule has 0 saturated heterocycles. The van der Waals surface area contributed by atoms with Gasteiger partial charge in [-0.05, 0) is 55.7 Å². The molecule has 2 aromatic carbocycles. The predicted octanol–water partition coefficient (Wildman–Crippen LogP) is 4.79. The Labute approximate surface area is 243 Å². The molecule has 0 radical (unpaired) electrons. The first kappa shape index (κ1) is 31.5. The molecule has 0 N–H and O–H groups in total. The number of nitrogens with zero attached hydrogens (tertiary/aromatic N) is 3. The maximum Gasteiger partial charge on any atom is 0.254 e. The van der Waals surface area contributed by atoms with E-state index in [0.717, 1.165) is 18.7 Å². The molecule has 41 heavy (non-hydrogen) atoms. The first-order chi connectivity index (χ1) is 19.8. The summed E-state index contributed by atoms with van der Waals surface area (Å²) in [5.41, 5.74) is 3.81. The predicted molar refractivity (Wildman–Crippen MR) is 159 cm³/mol. The van der Waals surface area contributed by atoms with E-state index in [9.17, 15) is 9.59 Å². The third kappa shape index (κ3) is 7.82. The molecule has 1 heterocycles. The van der Waals surface area contributed by atoms with Gasteiger partial charge in [0.25, 0.3) is 5.91 Å². The topological polar surface area (TPSA) is 82.5 Å². The molecule has 222 valence electrons. The lowest BCUT2D eigenvalue weighted by molar-refractivity contribution is -0.135. The summed E-state index contributed by atoms with van der Waals surface area (Å²) in [6.07, 6.45) is 2.82. The zero-order chi connectivity index (χ0) is 29.9. The number of amides is 2. The Morgan fingerprint density at radius 3 is 2.22 bits per heavy atom. The van der Waals surface area contributed by atoms with Gasteiger partial charge in [-0.25, -0.2) is 0 Å². The highest BCUT2D eigenvalue weighted by Crippen LogP contribution is 2.38. The van der Waals surface area contributed by atoms with E-state index in [-0.39, 0.29) is 37.6 Å². The molecule has 9 heteroatoms. The van der Waals surface area contributed by atoms with Crippen molar-refractivity contribution in [2.24, 2.45) is 0 Å². The fourth-order valence-corrected chi connectivity index (χ4v) is 4.70. The minimum Gasteiger partial charge on any atom is -0.493 e. The van der Waals surface area contributed by atoms with E-state index in [4.69, 9.17) is 18.9 Å². The van der Waals surface area contributed by atoms with E-state index >= 15 is 0 Å². The zero-order valence-corrected chi connectivity index (χ0v) is 25.3. The normalized spacial score (nSPS) is 11.6. The largest absolute Gasteiger partial charge is 0.493 e. The molecule has 3 aromatic rings. The van der Waals surface area contributed by atoms with Crippen molar-refractivity contribution >= 4 is 11.8 Å². The van der Waals surface area contributed by atoms with Crippen LogP contribution < -0.4 is 14.2 Å². The highest BCUT2D eigenvalue weighted by molar-refractivity contribution is 5.97. The maximum atomic E-state index is 13.9. The van der Waals surface area contributed by atoms with Gasteiger partial charge in [0.05, 0.1) is 34.5 Å². The molecule has 0 spiro atoms. The number of ether oxygens (including phenoxy) is 4. The monoisotopic (exact) mass is 565 g/mol. The van der Waals surface area contributed by atoms with Gasteiger partial charge >= 0.3 is 0 Å². The second kappa shape index (κ2) is 15.1. The Balaban J connectivity index is 1.87. The molecule has 0 saturated carbocycles. The Morgan fingerprint density at radius 1 is 0.951 bits per heavy atom. The van der Waals surface area contributed by atoms with Crippen LogP contribution in [-0.4, -0.2) is 80.4 Å². The van der Waals surface area contributed by atoms with Crippen LogP contribution in [0.3, 0.4) is 0 Å². The highest BCUT2D eigenvalue weighted by Gasteiger charge is 2.27. The molecule has 0 aliphatic heterocycles. The number of hydrogen-bond acceptors (Lipinski definition) is 6. The number of carbonyl (C=O) groups is 2. The Bertz CT molecular complexity index is 1280. The van der Waals surface area contributed by atoms with Crippen molar-refractivity contribution in [3.63, 3.8) is 0 Å². The van der Waals surface area contributed by atoms with Crippen LogP contribution in [0.25, 0.3) is 0 Å². The molecule has 1 aromatic heterocycles. The number of methoxy groups -OCH3 is 4. The standard InChI is InChI=1S/C32H43N3O6/c1-8-24(3)35(21-27-14-11-15-33(27)20-25-13-10-9-12-23(25)2)30(36)22-34(16-17-38-4)32(37)26-18-28(39-5)31(41-7)29(19-26)40-6/h9-15,18-19,24H,8,16-17,20-22H2,1-7H3. The van der Waals surface area contributed by atoms with E-state index in [2.05, 4.69) is 30.5 Å². The smallest absolute Gasteiger partial charge is 0.254 e. The minimum absolute atomic E-state index is 0.0233. The molecular formula is C32H43N3O6. The van der Waals surface area contributed by atoms with Gasteiger partial charge in [-0.2, -0.15) is 0 Å². The number of rotatable bonds is 15. The second-order valence-corrected chi connectivity index (χ2v) is 9.97. The molecule has 2 amide bonds. The summed E-state index contributed by atoms with van der Waals surface area (Å²) in [4.78, 5) is 31.0. The SMILES string of the molecule is CCC(C)N(Cc1cccn1Cc1ccccc1C)C(=O)CN(CCOC)C(=O)c1cc(OC)c(OC)c(OC)c1. The molecule has 0 fully saturated rings. The average Bonchev–Trinajstić information content (AvgIpc) is 3.43. The summed E-state index contributed by atoms with van der Waals surface area (Å²) in [7, 11) is 6.07. The van der Waals surface area contributed by atoms with Gasteiger partial charge in [-0.1, -0.05) is 31.2 Å². The summed E-state index contributed by atoms with van der Waals surface area (Å²) in [6, 6.07) is 15.5. The molecule has 0 aliphatic carbocycles. The van der Waals surface area contributed by atoms with Crippen LogP contribution in [-0.2, 0) is 22.6 Å². The lowest BCUT2D eigenvalue weighted by Crippen LogP contribution is -2.47. The minimum atomic E-state index is -0.332. The van der Waals surface area contributed by atoms with Crippen molar-refractivity contribution in [3.8, 4) is 17.2 Å². The van der Waals surface area contributed by atoms with Crippen LogP contribution in [0.1, 0.15) is 47.4 Å². The van der Waals surface area contributed by atoms with Gasteiger partial charge in [0.1, 0.15) is 6.54 Å². The number of aryl methyl sites for hydroxylation is 1. The van der Waals surface area contributed by atoms with E-state index in [1.165, 1.54) is 37.4 Å². The first-order valence-corrected chi connectivity index (χ1v) is 13.8. The third-order valence-electron chi connectivity index (χ3n) is 7.39.